The fourth-order valence-corrected chi connectivity index (χ4v) is 3.49. The number of hydrogen-bond acceptors (Lipinski definition) is 2. The van der Waals surface area contributed by atoms with Crippen LogP contribution in [0.25, 0.3) is 0 Å². The molecular formula is C17H25ClN2O. The molecular weight excluding hydrogens is 284 g/mol. The largest absolute Gasteiger partial charge is 0.335 e. The first-order valence-corrected chi connectivity index (χ1v) is 7.92. The molecule has 0 radical (unpaired) electrons. The molecule has 2 heterocycles. The molecule has 2 aliphatic rings. The van der Waals surface area contributed by atoms with E-state index >= 15 is 0 Å². The third-order valence-corrected chi connectivity index (χ3v) is 4.63. The minimum atomic E-state index is 0. The number of rotatable bonds is 2. The third kappa shape index (κ3) is 3.78. The van der Waals surface area contributed by atoms with Crippen molar-refractivity contribution in [3.63, 3.8) is 0 Å². The lowest BCUT2D eigenvalue weighted by Gasteiger charge is -2.32. The molecule has 0 bridgehead atoms. The smallest absolute Gasteiger partial charge is 0.227 e. The number of nitrogens with zero attached hydrogens (tertiary/aromatic N) is 1. The van der Waals surface area contributed by atoms with Crippen LogP contribution in [0.3, 0.4) is 0 Å². The molecule has 3 nitrogen and oxygen atoms in total. The summed E-state index contributed by atoms with van der Waals surface area (Å²) in [5.74, 6) is 0.560. The van der Waals surface area contributed by atoms with Gasteiger partial charge in [0.05, 0.1) is 12.0 Å². The maximum Gasteiger partial charge on any atom is 0.227 e. The van der Waals surface area contributed by atoms with Crippen molar-refractivity contribution < 1.29 is 4.79 Å². The van der Waals surface area contributed by atoms with E-state index < -0.39 is 0 Å². The van der Waals surface area contributed by atoms with Crippen LogP contribution >= 0.6 is 12.4 Å². The Balaban J connectivity index is 0.00000161. The summed E-state index contributed by atoms with van der Waals surface area (Å²) in [6.45, 7) is 2.77. The number of nitrogens with one attached hydrogen (secondary N) is 1. The van der Waals surface area contributed by atoms with Crippen LogP contribution in [-0.4, -0.2) is 30.4 Å². The maximum atomic E-state index is 12.8. The zero-order valence-corrected chi connectivity index (χ0v) is 13.3. The van der Waals surface area contributed by atoms with Crippen molar-refractivity contribution in [1.29, 1.82) is 0 Å². The van der Waals surface area contributed by atoms with Gasteiger partial charge in [-0.2, -0.15) is 0 Å². The van der Waals surface area contributed by atoms with Gasteiger partial charge in [-0.15, -0.1) is 12.4 Å². The summed E-state index contributed by atoms with van der Waals surface area (Å²) in [5.41, 5.74) is 1.30. The molecule has 2 saturated heterocycles. The highest BCUT2D eigenvalue weighted by molar-refractivity contribution is 5.85. The standard InChI is InChI=1S/C17H24N2O.ClH/c20-17(15-10-11-18-13-15)19-12-6-2-5-9-16(19)14-7-3-1-4-8-14;/h1,3-4,7-8,15-16,18H,2,5-6,9-13H2;1H. The van der Waals surface area contributed by atoms with E-state index in [4.69, 9.17) is 0 Å². The van der Waals surface area contributed by atoms with Gasteiger partial charge in [0.2, 0.25) is 5.91 Å². The lowest BCUT2D eigenvalue weighted by molar-refractivity contribution is -0.137. The molecule has 2 fully saturated rings. The van der Waals surface area contributed by atoms with Crippen LogP contribution in [0, 0.1) is 5.92 Å². The van der Waals surface area contributed by atoms with Gasteiger partial charge in [-0.05, 0) is 31.4 Å². The molecule has 0 aliphatic carbocycles. The number of carbonyl (C=O) groups excluding carboxylic acids is 1. The zero-order valence-electron chi connectivity index (χ0n) is 12.5. The van der Waals surface area contributed by atoms with Gasteiger partial charge in [0.1, 0.15) is 0 Å². The van der Waals surface area contributed by atoms with Crippen molar-refractivity contribution in [2.45, 2.75) is 38.1 Å². The summed E-state index contributed by atoms with van der Waals surface area (Å²) in [6, 6.07) is 10.8. The molecule has 21 heavy (non-hydrogen) atoms. The fourth-order valence-electron chi connectivity index (χ4n) is 3.49. The van der Waals surface area contributed by atoms with Gasteiger partial charge in [-0.25, -0.2) is 0 Å². The monoisotopic (exact) mass is 308 g/mol. The van der Waals surface area contributed by atoms with Gasteiger partial charge >= 0.3 is 0 Å². The second-order valence-electron chi connectivity index (χ2n) is 6.00. The molecule has 2 unspecified atom stereocenters. The first-order valence-electron chi connectivity index (χ1n) is 7.92. The van der Waals surface area contributed by atoms with Crippen molar-refractivity contribution in [2.75, 3.05) is 19.6 Å². The topological polar surface area (TPSA) is 32.3 Å². The summed E-state index contributed by atoms with van der Waals surface area (Å²) in [4.78, 5) is 15.0. The van der Waals surface area contributed by atoms with E-state index in [-0.39, 0.29) is 24.4 Å². The normalized spacial score (nSPS) is 26.0. The minimum Gasteiger partial charge on any atom is -0.335 e. The highest BCUT2D eigenvalue weighted by Crippen LogP contribution is 2.31. The quantitative estimate of drug-likeness (QED) is 0.910. The predicted molar refractivity (Wildman–Crippen MR) is 87.6 cm³/mol. The first kappa shape index (κ1) is 16.3. The van der Waals surface area contributed by atoms with Gasteiger partial charge in [-0.1, -0.05) is 43.2 Å². The second kappa shape index (κ2) is 7.81. The lowest BCUT2D eigenvalue weighted by atomic mass is 9.98. The molecule has 2 atom stereocenters. The Bertz CT molecular complexity index is 445. The summed E-state index contributed by atoms with van der Waals surface area (Å²) in [7, 11) is 0. The Hall–Kier alpha value is -1.06. The predicted octanol–water partition coefficient (Wildman–Crippen LogP) is 3.16. The van der Waals surface area contributed by atoms with Crippen LogP contribution in [-0.2, 0) is 4.79 Å². The van der Waals surface area contributed by atoms with E-state index in [1.54, 1.807) is 0 Å². The summed E-state index contributed by atoms with van der Waals surface area (Å²) in [6.07, 6.45) is 5.73. The molecule has 1 N–H and O–H groups in total. The van der Waals surface area contributed by atoms with Gasteiger partial charge in [0, 0.05) is 13.1 Å². The van der Waals surface area contributed by atoms with Crippen LogP contribution in [0.15, 0.2) is 30.3 Å². The highest BCUT2D eigenvalue weighted by atomic mass is 35.5. The maximum absolute atomic E-state index is 12.8. The Kier molecular flexibility index (Phi) is 6.07. The van der Waals surface area contributed by atoms with Crippen LogP contribution in [0.2, 0.25) is 0 Å². The van der Waals surface area contributed by atoms with Gasteiger partial charge in [0.15, 0.2) is 0 Å². The lowest BCUT2D eigenvalue weighted by Crippen LogP contribution is -2.39. The van der Waals surface area contributed by atoms with Crippen LogP contribution in [0.5, 0.6) is 0 Å². The first-order chi connectivity index (χ1) is 9.86. The van der Waals surface area contributed by atoms with Crippen molar-refractivity contribution in [1.82, 2.24) is 10.2 Å². The number of likely N-dealkylation sites (tertiary alicyclic amines) is 1. The molecule has 1 amide bonds. The molecule has 2 aliphatic heterocycles. The average molecular weight is 309 g/mol. The van der Waals surface area contributed by atoms with Crippen molar-refractivity contribution in [2.24, 2.45) is 5.92 Å². The zero-order chi connectivity index (χ0) is 13.8. The molecule has 1 aromatic carbocycles. The van der Waals surface area contributed by atoms with Gasteiger partial charge < -0.3 is 10.2 Å². The Morgan fingerprint density at radius 1 is 1.10 bits per heavy atom. The van der Waals surface area contributed by atoms with E-state index in [1.807, 2.05) is 6.07 Å². The molecule has 1 aromatic rings. The Morgan fingerprint density at radius 2 is 1.90 bits per heavy atom. The van der Waals surface area contributed by atoms with Crippen molar-refractivity contribution in [3.8, 4) is 0 Å². The molecule has 0 aromatic heterocycles. The van der Waals surface area contributed by atoms with Gasteiger partial charge in [-0.3, -0.25) is 4.79 Å². The number of carbonyl (C=O) groups is 1. The summed E-state index contributed by atoms with van der Waals surface area (Å²) in [5, 5.41) is 3.32. The van der Waals surface area contributed by atoms with Crippen LogP contribution in [0.1, 0.15) is 43.7 Å². The third-order valence-electron chi connectivity index (χ3n) is 4.63. The van der Waals surface area contributed by atoms with Gasteiger partial charge in [0.25, 0.3) is 0 Å². The second-order valence-corrected chi connectivity index (χ2v) is 6.00. The number of benzene rings is 1. The van der Waals surface area contributed by atoms with Crippen LogP contribution < -0.4 is 5.32 Å². The average Bonchev–Trinajstić information content (AvgIpc) is 2.92. The van der Waals surface area contributed by atoms with E-state index in [9.17, 15) is 4.79 Å². The Labute approximate surface area is 133 Å². The number of halogens is 1. The Morgan fingerprint density at radius 3 is 2.62 bits per heavy atom. The van der Waals surface area contributed by atoms with Crippen molar-refractivity contribution >= 4 is 18.3 Å². The molecule has 4 heteroatoms. The van der Waals surface area contributed by atoms with E-state index in [2.05, 4.69) is 34.5 Å². The molecule has 0 spiro atoms. The highest BCUT2D eigenvalue weighted by Gasteiger charge is 2.32. The van der Waals surface area contributed by atoms with E-state index in [0.717, 1.165) is 38.9 Å². The summed E-state index contributed by atoms with van der Waals surface area (Å²) < 4.78 is 0. The minimum absolute atomic E-state index is 0. The fraction of sp³-hybridized carbons (Fsp3) is 0.588. The molecule has 0 saturated carbocycles. The summed E-state index contributed by atoms with van der Waals surface area (Å²) >= 11 is 0. The number of amides is 1. The van der Waals surface area contributed by atoms with Crippen molar-refractivity contribution in [3.05, 3.63) is 35.9 Å². The van der Waals surface area contributed by atoms with E-state index in [1.165, 1.54) is 18.4 Å². The van der Waals surface area contributed by atoms with Crippen LogP contribution in [0.4, 0.5) is 0 Å². The SMILES string of the molecule is Cl.O=C(C1CCNC1)N1CCCCCC1c1ccccc1. The molecule has 116 valence electrons. The molecule has 3 rings (SSSR count). The van der Waals surface area contributed by atoms with E-state index in [0.29, 0.717) is 5.91 Å². The number of hydrogen-bond donors (Lipinski definition) is 1.